The lowest BCUT2D eigenvalue weighted by Gasteiger charge is -2.35. The molecular formula is C15H16F3NO4. The number of carboxylic acid groups (broad SMARTS) is 1. The van der Waals surface area contributed by atoms with Gasteiger partial charge in [0.2, 0.25) is 5.91 Å². The zero-order chi connectivity index (χ0) is 17.0. The number of morpholine rings is 1. The first-order valence-electron chi connectivity index (χ1n) is 7.02. The van der Waals surface area contributed by atoms with Crippen LogP contribution in [0.1, 0.15) is 17.5 Å². The molecule has 1 aliphatic rings. The van der Waals surface area contributed by atoms with Gasteiger partial charge < -0.3 is 14.7 Å². The molecular weight excluding hydrogens is 315 g/mol. The summed E-state index contributed by atoms with van der Waals surface area (Å²) in [6, 6.07) is 3.82. The number of alkyl halides is 3. The van der Waals surface area contributed by atoms with Gasteiger partial charge in [-0.1, -0.05) is 12.1 Å². The molecule has 0 aromatic heterocycles. The lowest BCUT2D eigenvalue weighted by atomic mass is 10.1. The predicted molar refractivity (Wildman–Crippen MR) is 73.7 cm³/mol. The van der Waals surface area contributed by atoms with Crippen molar-refractivity contribution in [1.29, 1.82) is 0 Å². The van der Waals surface area contributed by atoms with E-state index in [0.29, 0.717) is 12.2 Å². The molecule has 1 aliphatic heterocycles. The van der Waals surface area contributed by atoms with Gasteiger partial charge in [-0.05, 0) is 17.7 Å². The highest BCUT2D eigenvalue weighted by Gasteiger charge is 2.31. The maximum atomic E-state index is 12.5. The fraction of sp³-hybridized carbons (Fsp3) is 0.467. The summed E-state index contributed by atoms with van der Waals surface area (Å²) in [4.78, 5) is 24.5. The minimum Gasteiger partial charge on any atom is -0.481 e. The van der Waals surface area contributed by atoms with Crippen LogP contribution in [0.15, 0.2) is 24.3 Å². The normalized spacial score (nSPS) is 18.7. The molecule has 1 aromatic carbocycles. The quantitative estimate of drug-likeness (QED) is 0.916. The van der Waals surface area contributed by atoms with Gasteiger partial charge in [0.25, 0.3) is 0 Å². The third-order valence-electron chi connectivity index (χ3n) is 3.59. The van der Waals surface area contributed by atoms with Crippen LogP contribution in [-0.2, 0) is 26.9 Å². The Balaban J connectivity index is 2.03. The molecule has 1 amide bonds. The van der Waals surface area contributed by atoms with E-state index in [2.05, 4.69) is 0 Å². The Kier molecular flexibility index (Phi) is 5.25. The van der Waals surface area contributed by atoms with E-state index in [4.69, 9.17) is 9.84 Å². The minimum atomic E-state index is -4.42. The van der Waals surface area contributed by atoms with E-state index < -0.39 is 23.8 Å². The Hall–Kier alpha value is -2.09. The van der Waals surface area contributed by atoms with E-state index in [-0.39, 0.29) is 31.9 Å². The Morgan fingerprint density at radius 2 is 1.91 bits per heavy atom. The number of carbonyl (C=O) groups excluding carboxylic acids is 1. The van der Waals surface area contributed by atoms with Crippen LogP contribution in [0.5, 0.6) is 0 Å². The lowest BCUT2D eigenvalue weighted by molar-refractivity contribution is -0.146. The highest BCUT2D eigenvalue weighted by molar-refractivity contribution is 5.80. The highest BCUT2D eigenvalue weighted by Crippen LogP contribution is 2.29. The molecule has 0 saturated carbocycles. The fourth-order valence-electron chi connectivity index (χ4n) is 2.44. The van der Waals surface area contributed by atoms with Crippen LogP contribution in [0.4, 0.5) is 13.2 Å². The number of hydrogen-bond acceptors (Lipinski definition) is 3. The molecule has 2 rings (SSSR count). The molecule has 1 heterocycles. The van der Waals surface area contributed by atoms with E-state index >= 15 is 0 Å². The van der Waals surface area contributed by atoms with Gasteiger partial charge in [0, 0.05) is 6.54 Å². The summed E-state index contributed by atoms with van der Waals surface area (Å²) >= 11 is 0. The van der Waals surface area contributed by atoms with Crippen molar-refractivity contribution in [3.05, 3.63) is 35.4 Å². The van der Waals surface area contributed by atoms with Crippen molar-refractivity contribution in [2.45, 2.75) is 25.1 Å². The maximum absolute atomic E-state index is 12.5. The SMILES string of the molecule is O=C(O)CC1COCCN1C(=O)Cc1ccc(C(F)(F)F)cc1. The summed E-state index contributed by atoms with van der Waals surface area (Å²) in [6.45, 7) is 0.733. The van der Waals surface area contributed by atoms with Crippen molar-refractivity contribution in [2.75, 3.05) is 19.8 Å². The number of carboxylic acids is 1. The average molecular weight is 331 g/mol. The van der Waals surface area contributed by atoms with Crippen LogP contribution in [0, 0.1) is 0 Å². The standard InChI is InChI=1S/C15H16F3NO4/c16-15(17,18)11-3-1-10(2-4-11)7-13(20)19-5-6-23-9-12(19)8-14(21)22/h1-4,12H,5-9H2,(H,21,22). The zero-order valence-corrected chi connectivity index (χ0v) is 12.2. The zero-order valence-electron chi connectivity index (χ0n) is 12.2. The van der Waals surface area contributed by atoms with Crippen molar-refractivity contribution < 1.29 is 32.6 Å². The van der Waals surface area contributed by atoms with Gasteiger partial charge in [-0.25, -0.2) is 0 Å². The maximum Gasteiger partial charge on any atom is 0.416 e. The molecule has 0 radical (unpaired) electrons. The van der Waals surface area contributed by atoms with Crippen molar-refractivity contribution in [3.8, 4) is 0 Å². The van der Waals surface area contributed by atoms with Gasteiger partial charge in [0.05, 0.1) is 37.7 Å². The number of carbonyl (C=O) groups is 2. The summed E-state index contributed by atoms with van der Waals surface area (Å²) in [7, 11) is 0. The summed E-state index contributed by atoms with van der Waals surface area (Å²) in [5.41, 5.74) is -0.326. The topological polar surface area (TPSA) is 66.8 Å². The fourth-order valence-corrected chi connectivity index (χ4v) is 2.44. The molecule has 8 heteroatoms. The number of nitrogens with zero attached hydrogens (tertiary/aromatic N) is 1. The van der Waals surface area contributed by atoms with Crippen LogP contribution in [-0.4, -0.2) is 47.7 Å². The molecule has 0 aliphatic carbocycles. The molecule has 1 N–H and O–H groups in total. The Labute approximate surface area is 130 Å². The molecule has 0 bridgehead atoms. The highest BCUT2D eigenvalue weighted by atomic mass is 19.4. The average Bonchev–Trinajstić information content (AvgIpc) is 2.46. The van der Waals surface area contributed by atoms with Crippen LogP contribution >= 0.6 is 0 Å². The molecule has 23 heavy (non-hydrogen) atoms. The number of amides is 1. The summed E-state index contributed by atoms with van der Waals surface area (Å²) < 4.78 is 42.7. The van der Waals surface area contributed by atoms with E-state index in [1.165, 1.54) is 17.0 Å². The van der Waals surface area contributed by atoms with E-state index in [0.717, 1.165) is 12.1 Å². The molecule has 1 unspecified atom stereocenters. The van der Waals surface area contributed by atoms with Crippen LogP contribution in [0.3, 0.4) is 0 Å². The minimum absolute atomic E-state index is 0.0751. The predicted octanol–water partition coefficient (Wildman–Crippen LogP) is 1.95. The van der Waals surface area contributed by atoms with Crippen LogP contribution in [0.2, 0.25) is 0 Å². The third-order valence-corrected chi connectivity index (χ3v) is 3.59. The van der Waals surface area contributed by atoms with Gasteiger partial charge >= 0.3 is 12.1 Å². The monoisotopic (exact) mass is 331 g/mol. The molecule has 0 spiro atoms. The van der Waals surface area contributed by atoms with Gasteiger partial charge in [0.1, 0.15) is 0 Å². The Morgan fingerprint density at radius 3 is 2.48 bits per heavy atom. The first-order chi connectivity index (χ1) is 10.8. The van der Waals surface area contributed by atoms with Gasteiger partial charge in [0.15, 0.2) is 0 Å². The van der Waals surface area contributed by atoms with Gasteiger partial charge in [-0.2, -0.15) is 13.2 Å². The Morgan fingerprint density at radius 1 is 1.26 bits per heavy atom. The number of halogens is 3. The van der Waals surface area contributed by atoms with Crippen molar-refractivity contribution >= 4 is 11.9 Å². The third kappa shape index (κ3) is 4.69. The smallest absolute Gasteiger partial charge is 0.416 e. The van der Waals surface area contributed by atoms with E-state index in [1.807, 2.05) is 0 Å². The number of hydrogen-bond donors (Lipinski definition) is 1. The first kappa shape index (κ1) is 17.3. The molecule has 126 valence electrons. The largest absolute Gasteiger partial charge is 0.481 e. The molecule has 1 saturated heterocycles. The summed E-state index contributed by atoms with van der Waals surface area (Å²) in [5.74, 6) is -1.35. The van der Waals surface area contributed by atoms with E-state index in [9.17, 15) is 22.8 Å². The number of aliphatic carboxylic acids is 1. The van der Waals surface area contributed by atoms with Crippen molar-refractivity contribution in [2.24, 2.45) is 0 Å². The lowest BCUT2D eigenvalue weighted by Crippen LogP contribution is -2.50. The first-order valence-corrected chi connectivity index (χ1v) is 7.02. The summed E-state index contributed by atoms with van der Waals surface area (Å²) in [5, 5.41) is 8.86. The van der Waals surface area contributed by atoms with Crippen molar-refractivity contribution in [3.63, 3.8) is 0 Å². The second-order valence-corrected chi connectivity index (χ2v) is 5.29. The van der Waals surface area contributed by atoms with Crippen LogP contribution < -0.4 is 0 Å². The van der Waals surface area contributed by atoms with Crippen molar-refractivity contribution in [1.82, 2.24) is 4.90 Å². The second kappa shape index (κ2) is 6.99. The number of rotatable bonds is 4. The summed E-state index contributed by atoms with van der Waals surface area (Å²) in [6.07, 6.45) is -4.72. The molecule has 1 aromatic rings. The number of benzene rings is 1. The Bertz CT molecular complexity index is 571. The molecule has 1 fully saturated rings. The number of ether oxygens (including phenoxy) is 1. The van der Waals surface area contributed by atoms with E-state index in [1.54, 1.807) is 0 Å². The molecule has 1 atom stereocenters. The van der Waals surface area contributed by atoms with Crippen LogP contribution in [0.25, 0.3) is 0 Å². The van der Waals surface area contributed by atoms with Gasteiger partial charge in [-0.15, -0.1) is 0 Å². The molecule has 5 nitrogen and oxygen atoms in total. The second-order valence-electron chi connectivity index (χ2n) is 5.29. The van der Waals surface area contributed by atoms with Gasteiger partial charge in [-0.3, -0.25) is 9.59 Å².